The molecule has 1 amide bonds. The van der Waals surface area contributed by atoms with Gasteiger partial charge in [-0.1, -0.05) is 6.07 Å². The van der Waals surface area contributed by atoms with Crippen LogP contribution in [-0.2, 0) is 25.1 Å². The normalized spacial score (nSPS) is 15.0. The van der Waals surface area contributed by atoms with Gasteiger partial charge in [-0.05, 0) is 39.8 Å². The molecule has 4 aromatic heterocycles. The largest absolute Gasteiger partial charge is 0.494 e. The number of rotatable bonds is 9. The van der Waals surface area contributed by atoms with Gasteiger partial charge in [0.1, 0.15) is 35.8 Å². The first-order chi connectivity index (χ1) is 21.8. The van der Waals surface area contributed by atoms with E-state index in [9.17, 15) is 24.3 Å². The van der Waals surface area contributed by atoms with Crippen molar-refractivity contribution in [1.29, 1.82) is 5.26 Å². The van der Waals surface area contributed by atoms with Crippen molar-refractivity contribution in [3.05, 3.63) is 60.2 Å². The Bertz CT molecular complexity index is 1910. The fraction of sp³-hybridized carbons (Fsp3) is 0.379. The summed E-state index contributed by atoms with van der Waals surface area (Å²) in [5, 5.41) is 14.3. The number of aromatic nitrogens is 6. The van der Waals surface area contributed by atoms with Gasteiger partial charge >= 0.3 is 13.5 Å². The molecule has 16 nitrogen and oxygen atoms in total. The molecule has 0 aliphatic carbocycles. The summed E-state index contributed by atoms with van der Waals surface area (Å²) in [6.45, 7) is 6.95. The molecule has 1 fully saturated rings. The molecule has 5 rings (SSSR count). The highest BCUT2D eigenvalue weighted by Gasteiger charge is 2.35. The van der Waals surface area contributed by atoms with E-state index in [0.717, 1.165) is 0 Å². The molecule has 240 valence electrons. The molecule has 0 radical (unpaired) electrons. The van der Waals surface area contributed by atoms with Crippen LogP contribution in [0.2, 0.25) is 0 Å². The number of ether oxygens (including phenoxy) is 1. The first-order valence-corrected chi connectivity index (χ1v) is 15.7. The summed E-state index contributed by atoms with van der Waals surface area (Å²) in [5.74, 6) is -0.772. The molecule has 4 aromatic rings. The molecule has 0 saturated carbocycles. The molecule has 1 unspecified atom stereocenters. The Morgan fingerprint density at radius 2 is 1.91 bits per heavy atom. The summed E-state index contributed by atoms with van der Waals surface area (Å²) < 4.78 is 33.4. The predicted octanol–water partition coefficient (Wildman–Crippen LogP) is 2.27. The van der Waals surface area contributed by atoms with Crippen LogP contribution < -0.4 is 4.74 Å². The smallest absolute Gasteiger partial charge is 0.474 e. The molecule has 46 heavy (non-hydrogen) atoms. The van der Waals surface area contributed by atoms with Gasteiger partial charge in [-0.15, -0.1) is 0 Å². The van der Waals surface area contributed by atoms with E-state index < -0.39 is 31.8 Å². The van der Waals surface area contributed by atoms with Gasteiger partial charge in [-0.25, -0.2) is 28.8 Å². The second-order valence-electron chi connectivity index (χ2n) is 11.3. The standard InChI is InChI=1S/C29H32N9O7P/c1-19-33-17-38(34-19)27-25-24(23(43-5)15-32-27)20(16-37(25)18-44-46(41,42)45-29(2,3)4)26(39)28(40)36-12-10-35(11-13-36)22(14-30)21-8-6-7-9-31-21/h6-9,15-17H,10-13,18H2,1-5H3/p+1. The summed E-state index contributed by atoms with van der Waals surface area (Å²) in [6, 6.07) is 7.47. The van der Waals surface area contributed by atoms with Gasteiger partial charge in [0.25, 0.3) is 11.7 Å². The Kier molecular flexibility index (Phi) is 9.13. The SMILES string of the molecule is COc1cnc(-n2cnc(C)n2)c2c1c(C(=O)C(=O)N1CC[N+](=C(C#N)c3ccccn3)CC1)cn2COP(=O)(O)OC(C)(C)C. The molecule has 1 aliphatic rings. The molecular formula is C29H33N9O7P+. The zero-order valence-corrected chi connectivity index (χ0v) is 26.8. The number of piperazine rings is 1. The van der Waals surface area contributed by atoms with Crippen molar-refractivity contribution in [3.63, 3.8) is 0 Å². The monoisotopic (exact) mass is 650 g/mol. The van der Waals surface area contributed by atoms with Crippen molar-refractivity contribution >= 4 is 36.1 Å². The maximum Gasteiger partial charge on any atom is 0.474 e. The van der Waals surface area contributed by atoms with Crippen LogP contribution in [0.3, 0.4) is 0 Å². The van der Waals surface area contributed by atoms with Crippen LogP contribution in [-0.4, -0.2) is 100.0 Å². The number of carbonyl (C=O) groups is 2. The molecule has 1 atom stereocenters. The lowest BCUT2D eigenvalue weighted by Gasteiger charge is -2.25. The average Bonchev–Trinajstić information content (AvgIpc) is 3.63. The van der Waals surface area contributed by atoms with Crippen LogP contribution >= 0.6 is 7.82 Å². The predicted molar refractivity (Wildman–Crippen MR) is 163 cm³/mol. The minimum absolute atomic E-state index is 0.0364. The number of methoxy groups -OCH3 is 1. The summed E-state index contributed by atoms with van der Waals surface area (Å²) >= 11 is 0. The third-order valence-corrected chi connectivity index (χ3v) is 8.19. The number of pyridine rings is 2. The lowest BCUT2D eigenvalue weighted by molar-refractivity contribution is -0.536. The second-order valence-corrected chi connectivity index (χ2v) is 12.7. The van der Waals surface area contributed by atoms with Gasteiger partial charge in [0.2, 0.25) is 0 Å². The average molecular weight is 651 g/mol. The van der Waals surface area contributed by atoms with Crippen molar-refractivity contribution < 1.29 is 37.4 Å². The van der Waals surface area contributed by atoms with Crippen LogP contribution in [0, 0.1) is 18.3 Å². The van der Waals surface area contributed by atoms with Gasteiger partial charge in [0.05, 0.1) is 42.9 Å². The zero-order chi connectivity index (χ0) is 33.2. The number of ketones is 1. The molecule has 0 bridgehead atoms. The van der Waals surface area contributed by atoms with Gasteiger partial charge in [-0.3, -0.25) is 18.6 Å². The molecular weight excluding hydrogens is 617 g/mol. The third-order valence-electron chi connectivity index (χ3n) is 6.97. The van der Waals surface area contributed by atoms with Crippen LogP contribution in [0.25, 0.3) is 16.7 Å². The van der Waals surface area contributed by atoms with Crippen LogP contribution in [0.1, 0.15) is 42.6 Å². The minimum atomic E-state index is -4.56. The van der Waals surface area contributed by atoms with Gasteiger partial charge < -0.3 is 19.1 Å². The van der Waals surface area contributed by atoms with Crippen LogP contribution in [0.5, 0.6) is 5.75 Å². The maximum absolute atomic E-state index is 13.9. The number of carbonyl (C=O) groups excluding carboxylic acids is 2. The number of nitrogens with zero attached hydrogens (tertiary/aromatic N) is 9. The summed E-state index contributed by atoms with van der Waals surface area (Å²) in [5.41, 5.74) is 0.121. The molecule has 1 saturated heterocycles. The fourth-order valence-corrected chi connectivity index (χ4v) is 6.04. The second kappa shape index (κ2) is 12.9. The first kappa shape index (κ1) is 32.6. The van der Waals surface area contributed by atoms with Gasteiger partial charge in [0.15, 0.2) is 25.0 Å². The van der Waals surface area contributed by atoms with Crippen LogP contribution in [0.4, 0.5) is 0 Å². The lowest BCUT2D eigenvalue weighted by Crippen LogP contribution is -2.48. The quantitative estimate of drug-likeness (QED) is 0.121. The number of Topliss-reactive ketones (excluding diaryl/α,β-unsaturated/α-hetero) is 1. The van der Waals surface area contributed by atoms with Crippen molar-refractivity contribution in [2.24, 2.45) is 0 Å². The number of phosphoric ester groups is 1. The number of aryl methyl sites for hydroxylation is 1. The molecule has 1 N–H and O–H groups in total. The molecule has 17 heteroatoms. The number of fused-ring (bicyclic) bond motifs is 1. The van der Waals surface area contributed by atoms with Crippen molar-refractivity contribution in [2.45, 2.75) is 40.0 Å². The van der Waals surface area contributed by atoms with E-state index in [2.05, 4.69) is 26.1 Å². The highest BCUT2D eigenvalue weighted by molar-refractivity contribution is 7.47. The molecule has 1 aliphatic heterocycles. The number of amides is 1. The topological polar surface area (TPSA) is 191 Å². The van der Waals surface area contributed by atoms with E-state index in [0.29, 0.717) is 30.3 Å². The van der Waals surface area contributed by atoms with E-state index in [1.165, 1.54) is 40.0 Å². The number of hydrogen-bond donors (Lipinski definition) is 1. The van der Waals surface area contributed by atoms with Crippen LogP contribution in [0.15, 0.2) is 43.1 Å². The Labute approximate surface area is 264 Å². The van der Waals surface area contributed by atoms with E-state index >= 15 is 0 Å². The lowest BCUT2D eigenvalue weighted by atomic mass is 10.1. The first-order valence-electron chi connectivity index (χ1n) is 14.2. The van der Waals surface area contributed by atoms with E-state index in [1.54, 1.807) is 52.1 Å². The van der Waals surface area contributed by atoms with E-state index in [4.69, 9.17) is 13.8 Å². The summed E-state index contributed by atoms with van der Waals surface area (Å²) in [6.07, 6.45) is 5.75. The minimum Gasteiger partial charge on any atom is -0.494 e. The highest BCUT2D eigenvalue weighted by atomic mass is 31.2. The van der Waals surface area contributed by atoms with Gasteiger partial charge in [0, 0.05) is 12.4 Å². The highest BCUT2D eigenvalue weighted by Crippen LogP contribution is 2.48. The van der Waals surface area contributed by atoms with E-state index in [-0.39, 0.29) is 41.1 Å². The number of hydrogen-bond acceptors (Lipinski definition) is 11. The van der Waals surface area contributed by atoms with Gasteiger partial charge in [-0.2, -0.15) is 10.4 Å². The fourth-order valence-electron chi connectivity index (χ4n) is 5.03. The number of phosphoric acid groups is 1. The molecule has 0 aromatic carbocycles. The van der Waals surface area contributed by atoms with Crippen molar-refractivity contribution in [1.82, 2.24) is 34.2 Å². The summed E-state index contributed by atoms with van der Waals surface area (Å²) in [4.78, 5) is 52.2. The number of nitriles is 1. The Morgan fingerprint density at radius 1 is 1.17 bits per heavy atom. The van der Waals surface area contributed by atoms with Crippen molar-refractivity contribution in [3.8, 4) is 17.6 Å². The maximum atomic E-state index is 13.9. The molecule has 5 heterocycles. The third kappa shape index (κ3) is 6.87. The zero-order valence-electron chi connectivity index (χ0n) is 25.9. The Hall–Kier alpha value is -4.81. The summed E-state index contributed by atoms with van der Waals surface area (Å²) in [7, 11) is -3.16. The van der Waals surface area contributed by atoms with Crippen molar-refractivity contribution in [2.75, 3.05) is 33.3 Å². The van der Waals surface area contributed by atoms with E-state index in [1.807, 2.05) is 4.58 Å². The Balaban J connectivity index is 1.51. The Morgan fingerprint density at radius 3 is 2.50 bits per heavy atom. The molecule has 0 spiro atoms.